The third kappa shape index (κ3) is 2.37. The smallest absolute Gasteiger partial charge is 0.137 e. The van der Waals surface area contributed by atoms with Gasteiger partial charge in [-0.2, -0.15) is 0 Å². The van der Waals surface area contributed by atoms with Gasteiger partial charge < -0.3 is 9.72 Å². The molecule has 3 rings (SSSR count). The first kappa shape index (κ1) is 12.7. The Morgan fingerprint density at radius 2 is 1.90 bits per heavy atom. The molecule has 4 heteroatoms. The van der Waals surface area contributed by atoms with E-state index in [-0.39, 0.29) is 0 Å². The number of hydrogen-bond donors (Lipinski definition) is 1. The normalized spacial score (nSPS) is 10.9. The Labute approximate surface area is 118 Å². The molecule has 0 atom stereocenters. The second-order valence-electron chi connectivity index (χ2n) is 5.15. The molecule has 0 fully saturated rings. The molecule has 0 saturated heterocycles. The van der Waals surface area contributed by atoms with Crippen LogP contribution in [0, 0.1) is 20.8 Å². The fraction of sp³-hybridized carbons (Fsp3) is 0.250. The van der Waals surface area contributed by atoms with Crippen molar-refractivity contribution >= 4 is 11.5 Å². The zero-order valence-corrected chi connectivity index (χ0v) is 12.0. The molecule has 3 aromatic heterocycles. The van der Waals surface area contributed by atoms with Gasteiger partial charge in [-0.15, -0.1) is 0 Å². The highest BCUT2D eigenvalue weighted by molar-refractivity contribution is 5.46. The van der Waals surface area contributed by atoms with Crippen molar-refractivity contribution in [2.75, 3.05) is 5.32 Å². The minimum absolute atomic E-state index is 0.715. The van der Waals surface area contributed by atoms with Crippen LogP contribution in [0.4, 0.5) is 5.82 Å². The van der Waals surface area contributed by atoms with E-state index in [1.165, 1.54) is 16.8 Å². The summed E-state index contributed by atoms with van der Waals surface area (Å²) in [5.41, 5.74) is 5.64. The van der Waals surface area contributed by atoms with E-state index in [0.717, 1.165) is 17.2 Å². The van der Waals surface area contributed by atoms with E-state index in [1.807, 2.05) is 25.3 Å². The Morgan fingerprint density at radius 1 is 1.10 bits per heavy atom. The molecule has 102 valence electrons. The zero-order valence-electron chi connectivity index (χ0n) is 12.0. The quantitative estimate of drug-likeness (QED) is 0.791. The SMILES string of the molecule is Cc1ccnc(NCc2c(C)nc3cc(C)ccn23)c1. The van der Waals surface area contributed by atoms with Crippen LogP contribution in [0.5, 0.6) is 0 Å². The van der Waals surface area contributed by atoms with Crippen LogP contribution in [-0.2, 0) is 6.54 Å². The van der Waals surface area contributed by atoms with Gasteiger partial charge in [0.15, 0.2) is 0 Å². The number of aryl methyl sites for hydroxylation is 3. The van der Waals surface area contributed by atoms with E-state index in [2.05, 4.69) is 51.9 Å². The summed E-state index contributed by atoms with van der Waals surface area (Å²) < 4.78 is 2.13. The third-order valence-electron chi connectivity index (χ3n) is 3.43. The lowest BCUT2D eigenvalue weighted by molar-refractivity contribution is 0.975. The van der Waals surface area contributed by atoms with Gasteiger partial charge in [-0.3, -0.25) is 0 Å². The number of aromatic nitrogens is 3. The second kappa shape index (κ2) is 4.96. The van der Waals surface area contributed by atoms with Gasteiger partial charge in [-0.1, -0.05) is 0 Å². The molecule has 0 spiro atoms. The monoisotopic (exact) mass is 266 g/mol. The third-order valence-corrected chi connectivity index (χ3v) is 3.43. The molecule has 3 aromatic rings. The number of rotatable bonds is 3. The maximum Gasteiger partial charge on any atom is 0.137 e. The molecule has 0 radical (unpaired) electrons. The first-order valence-electron chi connectivity index (χ1n) is 6.74. The molecular formula is C16H18N4. The molecule has 0 aliphatic heterocycles. The lowest BCUT2D eigenvalue weighted by Gasteiger charge is -2.07. The first-order valence-corrected chi connectivity index (χ1v) is 6.74. The van der Waals surface area contributed by atoms with Gasteiger partial charge in [0.05, 0.1) is 17.9 Å². The van der Waals surface area contributed by atoms with Crippen LogP contribution in [0.1, 0.15) is 22.5 Å². The molecule has 0 unspecified atom stereocenters. The minimum atomic E-state index is 0.715. The molecule has 0 aliphatic rings. The summed E-state index contributed by atoms with van der Waals surface area (Å²) >= 11 is 0. The van der Waals surface area contributed by atoms with Crippen molar-refractivity contribution in [3.8, 4) is 0 Å². The van der Waals surface area contributed by atoms with Crippen molar-refractivity contribution in [3.05, 3.63) is 59.2 Å². The Hall–Kier alpha value is -2.36. The number of anilines is 1. The van der Waals surface area contributed by atoms with E-state index >= 15 is 0 Å². The summed E-state index contributed by atoms with van der Waals surface area (Å²) in [6, 6.07) is 8.24. The average molecular weight is 266 g/mol. The molecule has 0 aromatic carbocycles. The van der Waals surface area contributed by atoms with Crippen LogP contribution < -0.4 is 5.32 Å². The summed E-state index contributed by atoms with van der Waals surface area (Å²) in [6.07, 6.45) is 3.90. The molecular weight excluding hydrogens is 248 g/mol. The van der Waals surface area contributed by atoms with Gasteiger partial charge in [0.25, 0.3) is 0 Å². The van der Waals surface area contributed by atoms with Gasteiger partial charge in [-0.25, -0.2) is 9.97 Å². The molecule has 20 heavy (non-hydrogen) atoms. The van der Waals surface area contributed by atoms with Crippen LogP contribution in [0.2, 0.25) is 0 Å². The van der Waals surface area contributed by atoms with E-state index in [9.17, 15) is 0 Å². The summed E-state index contributed by atoms with van der Waals surface area (Å²) in [7, 11) is 0. The lowest BCUT2D eigenvalue weighted by atomic mass is 10.3. The highest BCUT2D eigenvalue weighted by Crippen LogP contribution is 2.15. The number of nitrogens with zero attached hydrogens (tertiary/aromatic N) is 3. The van der Waals surface area contributed by atoms with E-state index < -0.39 is 0 Å². The summed E-state index contributed by atoms with van der Waals surface area (Å²) in [4.78, 5) is 8.93. The molecule has 0 saturated carbocycles. The maximum atomic E-state index is 4.61. The zero-order chi connectivity index (χ0) is 14.1. The predicted octanol–water partition coefficient (Wildman–Crippen LogP) is 3.27. The molecule has 4 nitrogen and oxygen atoms in total. The Kier molecular flexibility index (Phi) is 3.14. The first-order chi connectivity index (χ1) is 9.63. The molecule has 0 amide bonds. The topological polar surface area (TPSA) is 42.2 Å². The standard InChI is InChI=1S/C16H18N4/c1-11-4-6-17-15(8-11)18-10-14-13(3)19-16-9-12(2)5-7-20(14)16/h4-9H,10H2,1-3H3,(H,17,18). The summed E-state index contributed by atoms with van der Waals surface area (Å²) in [5, 5.41) is 3.36. The highest BCUT2D eigenvalue weighted by Gasteiger charge is 2.08. The summed E-state index contributed by atoms with van der Waals surface area (Å²) in [6.45, 7) is 6.91. The van der Waals surface area contributed by atoms with Gasteiger partial charge in [0.1, 0.15) is 11.5 Å². The van der Waals surface area contributed by atoms with Crippen LogP contribution in [-0.4, -0.2) is 14.4 Å². The maximum absolute atomic E-state index is 4.61. The fourth-order valence-corrected chi connectivity index (χ4v) is 2.34. The van der Waals surface area contributed by atoms with Crippen molar-refractivity contribution < 1.29 is 0 Å². The van der Waals surface area contributed by atoms with Crippen LogP contribution in [0.25, 0.3) is 5.65 Å². The largest absolute Gasteiger partial charge is 0.364 e. The minimum Gasteiger partial charge on any atom is -0.364 e. The van der Waals surface area contributed by atoms with Crippen LogP contribution in [0.15, 0.2) is 36.7 Å². The Bertz CT molecular complexity index is 758. The average Bonchev–Trinajstić information content (AvgIpc) is 2.71. The van der Waals surface area contributed by atoms with Gasteiger partial charge in [0.2, 0.25) is 0 Å². The number of nitrogens with one attached hydrogen (secondary N) is 1. The Morgan fingerprint density at radius 3 is 2.70 bits per heavy atom. The molecule has 0 aliphatic carbocycles. The van der Waals surface area contributed by atoms with E-state index in [0.29, 0.717) is 6.54 Å². The summed E-state index contributed by atoms with van der Waals surface area (Å²) in [5.74, 6) is 0.895. The number of hydrogen-bond acceptors (Lipinski definition) is 3. The number of imidazole rings is 1. The molecule has 3 heterocycles. The highest BCUT2D eigenvalue weighted by atomic mass is 15.1. The molecule has 0 bridgehead atoms. The number of fused-ring (bicyclic) bond motifs is 1. The van der Waals surface area contributed by atoms with Crippen molar-refractivity contribution in [2.45, 2.75) is 27.3 Å². The van der Waals surface area contributed by atoms with E-state index in [1.54, 1.807) is 0 Å². The van der Waals surface area contributed by atoms with E-state index in [4.69, 9.17) is 0 Å². The van der Waals surface area contributed by atoms with Crippen molar-refractivity contribution in [1.29, 1.82) is 0 Å². The van der Waals surface area contributed by atoms with Gasteiger partial charge >= 0.3 is 0 Å². The Balaban J connectivity index is 1.89. The lowest BCUT2D eigenvalue weighted by Crippen LogP contribution is -2.05. The predicted molar refractivity (Wildman–Crippen MR) is 81.0 cm³/mol. The van der Waals surface area contributed by atoms with Crippen molar-refractivity contribution in [2.24, 2.45) is 0 Å². The van der Waals surface area contributed by atoms with Crippen molar-refractivity contribution in [3.63, 3.8) is 0 Å². The van der Waals surface area contributed by atoms with Crippen LogP contribution in [0.3, 0.4) is 0 Å². The van der Waals surface area contributed by atoms with Crippen molar-refractivity contribution in [1.82, 2.24) is 14.4 Å². The second-order valence-corrected chi connectivity index (χ2v) is 5.15. The molecule has 1 N–H and O–H groups in total. The van der Waals surface area contributed by atoms with Gasteiger partial charge in [0, 0.05) is 12.4 Å². The fourth-order valence-electron chi connectivity index (χ4n) is 2.34. The number of pyridine rings is 2. The van der Waals surface area contributed by atoms with Crippen LogP contribution >= 0.6 is 0 Å². The van der Waals surface area contributed by atoms with Gasteiger partial charge in [-0.05, 0) is 56.2 Å².